The Morgan fingerprint density at radius 3 is 2.94 bits per heavy atom. The van der Waals surface area contributed by atoms with Gasteiger partial charge >= 0.3 is 0 Å². The van der Waals surface area contributed by atoms with E-state index in [-0.39, 0.29) is 0 Å². The van der Waals surface area contributed by atoms with Gasteiger partial charge < -0.3 is 5.32 Å². The van der Waals surface area contributed by atoms with Crippen LogP contribution in [0.4, 0.5) is 11.5 Å². The average molecular weight is 238 g/mol. The van der Waals surface area contributed by atoms with Crippen molar-refractivity contribution in [3.05, 3.63) is 36.7 Å². The highest BCUT2D eigenvalue weighted by Crippen LogP contribution is 2.18. The zero-order valence-electron chi connectivity index (χ0n) is 9.70. The molecule has 0 unspecified atom stereocenters. The van der Waals surface area contributed by atoms with Crippen LogP contribution in [0.1, 0.15) is 5.69 Å². The highest BCUT2D eigenvalue weighted by molar-refractivity contribution is 5.69. The van der Waals surface area contributed by atoms with Crippen molar-refractivity contribution in [1.29, 1.82) is 0 Å². The first-order valence-corrected chi connectivity index (χ1v) is 5.32. The highest BCUT2D eigenvalue weighted by Gasteiger charge is 2.08. The van der Waals surface area contributed by atoms with Crippen LogP contribution in [0.15, 0.2) is 31.0 Å². The second-order valence-electron chi connectivity index (χ2n) is 3.78. The minimum Gasteiger partial charge on any atom is -0.335 e. The summed E-state index contributed by atoms with van der Waals surface area (Å²) in [5.41, 5.74) is 2.24. The topological polar surface area (TPSA) is 60.0 Å². The van der Waals surface area contributed by atoms with Crippen molar-refractivity contribution in [1.82, 2.24) is 24.1 Å². The molecule has 88 valence electrons. The van der Waals surface area contributed by atoms with Crippen molar-refractivity contribution in [2.24, 2.45) is 7.05 Å². The molecule has 18 heavy (non-hydrogen) atoms. The molecule has 6 nitrogen and oxygen atoms in total. The van der Waals surface area contributed by atoms with Crippen LogP contribution in [0.25, 0.3) is 5.65 Å². The molecule has 3 heterocycles. The third kappa shape index (κ3) is 1.58. The molecule has 3 aromatic heterocycles. The maximum atomic E-state index is 5.40. The molecule has 3 rings (SSSR count). The van der Waals surface area contributed by atoms with Gasteiger partial charge in [-0.1, -0.05) is 5.92 Å². The zero-order chi connectivity index (χ0) is 12.5. The number of aryl methyl sites for hydroxylation is 1. The fraction of sp³-hybridized carbons (Fsp3) is 0.0833. The minimum atomic E-state index is 0.645. The van der Waals surface area contributed by atoms with E-state index in [4.69, 9.17) is 6.42 Å². The summed E-state index contributed by atoms with van der Waals surface area (Å²) in [7, 11) is 1.85. The molecule has 0 aliphatic rings. The quantitative estimate of drug-likeness (QED) is 0.681. The van der Waals surface area contributed by atoms with E-state index in [1.807, 2.05) is 17.6 Å². The predicted octanol–water partition coefficient (Wildman–Crippen LogP) is 1.19. The highest BCUT2D eigenvalue weighted by atomic mass is 15.3. The minimum absolute atomic E-state index is 0.645. The van der Waals surface area contributed by atoms with Crippen molar-refractivity contribution in [2.75, 3.05) is 5.32 Å². The predicted molar refractivity (Wildman–Crippen MR) is 67.4 cm³/mol. The first-order chi connectivity index (χ1) is 8.78. The van der Waals surface area contributed by atoms with Gasteiger partial charge in [0.1, 0.15) is 5.69 Å². The first kappa shape index (κ1) is 10.4. The van der Waals surface area contributed by atoms with E-state index in [9.17, 15) is 0 Å². The molecular weight excluding hydrogens is 228 g/mol. The molecule has 0 radical (unpaired) electrons. The number of imidazole rings is 1. The Balaban J connectivity index is 2.07. The first-order valence-electron chi connectivity index (χ1n) is 5.32. The Hall–Kier alpha value is -2.81. The maximum absolute atomic E-state index is 5.40. The lowest BCUT2D eigenvalue weighted by molar-refractivity contribution is 0.768. The van der Waals surface area contributed by atoms with Crippen molar-refractivity contribution in [3.63, 3.8) is 0 Å². The van der Waals surface area contributed by atoms with Gasteiger partial charge in [-0.3, -0.25) is 9.08 Å². The Kier molecular flexibility index (Phi) is 2.24. The monoisotopic (exact) mass is 238 g/mol. The van der Waals surface area contributed by atoms with E-state index in [2.05, 4.69) is 26.3 Å². The molecule has 0 fully saturated rings. The van der Waals surface area contributed by atoms with E-state index in [1.165, 1.54) is 0 Å². The van der Waals surface area contributed by atoms with Crippen LogP contribution in [0, 0.1) is 12.3 Å². The van der Waals surface area contributed by atoms with E-state index in [0.717, 1.165) is 5.69 Å². The van der Waals surface area contributed by atoms with Crippen molar-refractivity contribution in [2.45, 2.75) is 0 Å². The zero-order valence-corrected chi connectivity index (χ0v) is 9.70. The fourth-order valence-electron chi connectivity index (χ4n) is 1.74. The number of nitrogens with zero attached hydrogens (tertiary/aromatic N) is 5. The molecule has 0 saturated heterocycles. The Labute approximate surface area is 103 Å². The molecule has 0 aliphatic heterocycles. The lowest BCUT2D eigenvalue weighted by atomic mass is 10.5. The van der Waals surface area contributed by atoms with E-state index < -0.39 is 0 Å². The molecule has 0 aromatic carbocycles. The lowest BCUT2D eigenvalue weighted by Gasteiger charge is -2.03. The van der Waals surface area contributed by atoms with Crippen LogP contribution >= 0.6 is 0 Å². The van der Waals surface area contributed by atoms with Crippen molar-refractivity contribution in [3.8, 4) is 12.3 Å². The fourth-order valence-corrected chi connectivity index (χ4v) is 1.74. The van der Waals surface area contributed by atoms with Crippen LogP contribution in [-0.4, -0.2) is 24.1 Å². The standard InChI is InChI=1S/C12H10N6/c1-3-10-7-14-12-11(13-4-5-18(10)12)16-9-6-15-17(2)8-9/h1,4-8H,2H3,(H,13,16). The van der Waals surface area contributed by atoms with Crippen LogP contribution < -0.4 is 5.32 Å². The number of hydrogen-bond donors (Lipinski definition) is 1. The summed E-state index contributed by atoms with van der Waals surface area (Å²) in [6.07, 6.45) is 14.1. The summed E-state index contributed by atoms with van der Waals surface area (Å²) in [6.45, 7) is 0. The molecule has 0 amide bonds. The molecule has 0 bridgehead atoms. The van der Waals surface area contributed by atoms with Crippen LogP contribution in [0.3, 0.4) is 0 Å². The number of rotatable bonds is 2. The maximum Gasteiger partial charge on any atom is 0.181 e. The van der Waals surface area contributed by atoms with Gasteiger partial charge in [-0.05, 0) is 0 Å². The van der Waals surface area contributed by atoms with Crippen molar-refractivity contribution >= 4 is 17.2 Å². The molecule has 3 aromatic rings. The van der Waals surface area contributed by atoms with Crippen LogP contribution in [-0.2, 0) is 7.05 Å². The SMILES string of the molecule is C#Cc1cnc2c(Nc3cnn(C)c3)nccn12. The van der Waals surface area contributed by atoms with Gasteiger partial charge in [0.15, 0.2) is 11.5 Å². The van der Waals surface area contributed by atoms with E-state index in [1.54, 1.807) is 29.5 Å². The van der Waals surface area contributed by atoms with Gasteiger partial charge in [-0.15, -0.1) is 6.42 Å². The number of hydrogen-bond acceptors (Lipinski definition) is 4. The number of terminal acetylenes is 1. The second-order valence-corrected chi connectivity index (χ2v) is 3.78. The van der Waals surface area contributed by atoms with Gasteiger partial charge in [-0.25, -0.2) is 9.97 Å². The molecule has 1 N–H and O–H groups in total. The smallest absolute Gasteiger partial charge is 0.181 e. The second kappa shape index (κ2) is 3.89. The van der Waals surface area contributed by atoms with E-state index in [0.29, 0.717) is 17.2 Å². The summed E-state index contributed by atoms with van der Waals surface area (Å²) in [4.78, 5) is 8.52. The summed E-state index contributed by atoms with van der Waals surface area (Å²) in [5, 5.41) is 7.24. The van der Waals surface area contributed by atoms with E-state index >= 15 is 0 Å². The van der Waals surface area contributed by atoms with Gasteiger partial charge in [0, 0.05) is 25.6 Å². The molecule has 0 aliphatic carbocycles. The summed E-state index contributed by atoms with van der Waals surface area (Å²) in [6, 6.07) is 0. The molecular formula is C12H10N6. The normalized spacial score (nSPS) is 10.4. The lowest BCUT2D eigenvalue weighted by Crippen LogP contribution is -1.98. The third-order valence-electron chi connectivity index (χ3n) is 2.54. The summed E-state index contributed by atoms with van der Waals surface area (Å²) < 4.78 is 3.52. The number of fused-ring (bicyclic) bond motifs is 1. The molecule has 6 heteroatoms. The van der Waals surface area contributed by atoms with Crippen LogP contribution in [0.2, 0.25) is 0 Å². The van der Waals surface area contributed by atoms with Gasteiger partial charge in [0.25, 0.3) is 0 Å². The van der Waals surface area contributed by atoms with Gasteiger partial charge in [-0.2, -0.15) is 5.10 Å². The molecule has 0 atom stereocenters. The Morgan fingerprint density at radius 1 is 1.33 bits per heavy atom. The van der Waals surface area contributed by atoms with Gasteiger partial charge in [0.2, 0.25) is 0 Å². The number of aromatic nitrogens is 5. The summed E-state index contributed by atoms with van der Waals surface area (Å²) >= 11 is 0. The summed E-state index contributed by atoms with van der Waals surface area (Å²) in [5.74, 6) is 3.22. The van der Waals surface area contributed by atoms with Crippen LogP contribution in [0.5, 0.6) is 0 Å². The molecule has 0 saturated carbocycles. The van der Waals surface area contributed by atoms with Gasteiger partial charge in [0.05, 0.1) is 18.1 Å². The average Bonchev–Trinajstić information content (AvgIpc) is 2.96. The van der Waals surface area contributed by atoms with Crippen molar-refractivity contribution < 1.29 is 0 Å². The molecule has 0 spiro atoms. The Morgan fingerprint density at radius 2 is 2.22 bits per heavy atom. The largest absolute Gasteiger partial charge is 0.335 e. The Bertz CT molecular complexity index is 745. The number of anilines is 2. The number of nitrogens with one attached hydrogen (secondary N) is 1. The third-order valence-corrected chi connectivity index (χ3v) is 2.54.